The molecule has 0 aromatic heterocycles. The van der Waals surface area contributed by atoms with Crippen LogP contribution in [0.3, 0.4) is 0 Å². The second-order valence-electron chi connectivity index (χ2n) is 5.07. The van der Waals surface area contributed by atoms with Crippen molar-refractivity contribution in [2.45, 2.75) is 12.5 Å². The Labute approximate surface area is 136 Å². The van der Waals surface area contributed by atoms with Crippen molar-refractivity contribution in [2.24, 2.45) is 0 Å². The number of aliphatic hydroxyl groups is 1. The van der Waals surface area contributed by atoms with Gasteiger partial charge in [0, 0.05) is 6.42 Å². The first-order chi connectivity index (χ1) is 11.1. The largest absolute Gasteiger partial charge is 0.497 e. The van der Waals surface area contributed by atoms with Gasteiger partial charge in [0.2, 0.25) is 0 Å². The van der Waals surface area contributed by atoms with Crippen LogP contribution in [0.15, 0.2) is 54.6 Å². The summed E-state index contributed by atoms with van der Waals surface area (Å²) in [5, 5.41) is 10.1. The van der Waals surface area contributed by atoms with E-state index in [1.54, 1.807) is 44.6 Å². The SMILES string of the molecule is COc1ccc(C(O)CC(=O)/C=C/c2cccc(OC)c2)cc1. The van der Waals surface area contributed by atoms with E-state index in [2.05, 4.69) is 0 Å². The second kappa shape index (κ2) is 8.15. The highest BCUT2D eigenvalue weighted by Gasteiger charge is 2.11. The molecule has 0 fully saturated rings. The summed E-state index contributed by atoms with van der Waals surface area (Å²) < 4.78 is 10.2. The maximum atomic E-state index is 12.0. The summed E-state index contributed by atoms with van der Waals surface area (Å²) in [6.07, 6.45) is 2.39. The van der Waals surface area contributed by atoms with E-state index in [0.717, 1.165) is 11.3 Å². The molecule has 0 radical (unpaired) electrons. The molecular weight excluding hydrogens is 292 g/mol. The minimum Gasteiger partial charge on any atom is -0.497 e. The lowest BCUT2D eigenvalue weighted by Gasteiger charge is -2.09. The Balaban J connectivity index is 1.96. The van der Waals surface area contributed by atoms with Gasteiger partial charge in [0.15, 0.2) is 5.78 Å². The van der Waals surface area contributed by atoms with Crippen LogP contribution in [0.2, 0.25) is 0 Å². The molecule has 0 aliphatic rings. The molecule has 4 nitrogen and oxygen atoms in total. The third kappa shape index (κ3) is 4.97. The fourth-order valence-corrected chi connectivity index (χ4v) is 2.14. The molecule has 0 bridgehead atoms. The Hall–Kier alpha value is -2.59. The van der Waals surface area contributed by atoms with Crippen molar-refractivity contribution in [3.8, 4) is 11.5 Å². The van der Waals surface area contributed by atoms with Crippen LogP contribution in [-0.4, -0.2) is 25.1 Å². The van der Waals surface area contributed by atoms with Gasteiger partial charge < -0.3 is 14.6 Å². The van der Waals surface area contributed by atoms with Crippen LogP contribution in [0.5, 0.6) is 11.5 Å². The molecule has 0 spiro atoms. The Morgan fingerprint density at radius 3 is 2.43 bits per heavy atom. The quantitative estimate of drug-likeness (QED) is 0.796. The standard InChI is InChI=1S/C19H20O4/c1-22-17-10-7-15(8-11-17)19(21)13-16(20)9-6-14-4-3-5-18(12-14)23-2/h3-12,19,21H,13H2,1-2H3/b9-6+. The maximum Gasteiger partial charge on any atom is 0.158 e. The summed E-state index contributed by atoms with van der Waals surface area (Å²) in [4.78, 5) is 12.0. The number of aliphatic hydroxyl groups excluding tert-OH is 1. The molecule has 1 atom stereocenters. The van der Waals surface area contributed by atoms with Crippen molar-refractivity contribution in [3.63, 3.8) is 0 Å². The summed E-state index contributed by atoms with van der Waals surface area (Å²) >= 11 is 0. The third-order valence-electron chi connectivity index (χ3n) is 3.45. The van der Waals surface area contributed by atoms with Crippen molar-refractivity contribution in [1.82, 2.24) is 0 Å². The normalized spacial score (nSPS) is 12.1. The number of ether oxygens (including phenoxy) is 2. The first-order valence-electron chi connectivity index (χ1n) is 7.29. The van der Waals surface area contributed by atoms with Gasteiger partial charge in [0.1, 0.15) is 11.5 Å². The van der Waals surface area contributed by atoms with Gasteiger partial charge in [-0.25, -0.2) is 0 Å². The number of benzene rings is 2. The number of methoxy groups -OCH3 is 2. The van der Waals surface area contributed by atoms with Gasteiger partial charge in [-0.3, -0.25) is 4.79 Å². The van der Waals surface area contributed by atoms with E-state index in [1.807, 2.05) is 24.3 Å². The number of hydrogen-bond acceptors (Lipinski definition) is 4. The summed E-state index contributed by atoms with van der Waals surface area (Å²) in [5.41, 5.74) is 1.56. The van der Waals surface area contributed by atoms with Gasteiger partial charge in [-0.1, -0.05) is 30.3 Å². The van der Waals surface area contributed by atoms with Crippen LogP contribution >= 0.6 is 0 Å². The number of hydrogen-bond donors (Lipinski definition) is 1. The summed E-state index contributed by atoms with van der Waals surface area (Å²) in [6.45, 7) is 0. The van der Waals surface area contributed by atoms with Crippen molar-refractivity contribution in [2.75, 3.05) is 14.2 Å². The molecule has 120 valence electrons. The van der Waals surface area contributed by atoms with E-state index >= 15 is 0 Å². The molecule has 0 aliphatic heterocycles. The molecule has 1 unspecified atom stereocenters. The highest BCUT2D eigenvalue weighted by molar-refractivity contribution is 5.94. The van der Waals surface area contributed by atoms with E-state index in [0.29, 0.717) is 11.3 Å². The monoisotopic (exact) mass is 312 g/mol. The lowest BCUT2D eigenvalue weighted by atomic mass is 10.0. The molecule has 2 rings (SSSR count). The fraction of sp³-hybridized carbons (Fsp3) is 0.211. The Morgan fingerprint density at radius 1 is 1.09 bits per heavy atom. The third-order valence-corrected chi connectivity index (χ3v) is 3.45. The highest BCUT2D eigenvalue weighted by atomic mass is 16.5. The predicted molar refractivity (Wildman–Crippen MR) is 89.6 cm³/mol. The average Bonchev–Trinajstić information content (AvgIpc) is 2.60. The lowest BCUT2D eigenvalue weighted by Crippen LogP contribution is -2.04. The molecule has 2 aromatic rings. The molecule has 0 heterocycles. The van der Waals surface area contributed by atoms with Gasteiger partial charge in [0.25, 0.3) is 0 Å². The van der Waals surface area contributed by atoms with Crippen molar-refractivity contribution in [3.05, 3.63) is 65.7 Å². The molecule has 0 saturated carbocycles. The van der Waals surface area contributed by atoms with Gasteiger partial charge in [0.05, 0.1) is 20.3 Å². The molecule has 2 aromatic carbocycles. The first-order valence-corrected chi connectivity index (χ1v) is 7.29. The fourth-order valence-electron chi connectivity index (χ4n) is 2.14. The first kappa shape index (κ1) is 16.8. The number of rotatable bonds is 7. The summed E-state index contributed by atoms with van der Waals surface area (Å²) in [7, 11) is 3.18. The van der Waals surface area contributed by atoms with Crippen LogP contribution in [0.1, 0.15) is 23.7 Å². The van der Waals surface area contributed by atoms with E-state index in [-0.39, 0.29) is 12.2 Å². The lowest BCUT2D eigenvalue weighted by molar-refractivity contribution is -0.116. The molecule has 1 N–H and O–H groups in total. The number of carbonyl (C=O) groups excluding carboxylic acids is 1. The Morgan fingerprint density at radius 2 is 1.78 bits per heavy atom. The molecule has 0 amide bonds. The summed E-state index contributed by atoms with van der Waals surface area (Å²) in [6, 6.07) is 14.4. The van der Waals surface area contributed by atoms with Gasteiger partial charge in [-0.05, 0) is 41.5 Å². The van der Waals surface area contributed by atoms with Gasteiger partial charge in [-0.15, -0.1) is 0 Å². The minimum absolute atomic E-state index is 0.0345. The highest BCUT2D eigenvalue weighted by Crippen LogP contribution is 2.21. The zero-order chi connectivity index (χ0) is 16.7. The van der Waals surface area contributed by atoms with Crippen molar-refractivity contribution >= 4 is 11.9 Å². The summed E-state index contributed by atoms with van der Waals surface area (Å²) in [5.74, 6) is 1.30. The zero-order valence-corrected chi connectivity index (χ0v) is 13.2. The maximum absolute atomic E-state index is 12.0. The molecule has 4 heteroatoms. The van der Waals surface area contributed by atoms with E-state index in [4.69, 9.17) is 9.47 Å². The number of allylic oxidation sites excluding steroid dienone is 1. The smallest absolute Gasteiger partial charge is 0.158 e. The second-order valence-corrected chi connectivity index (χ2v) is 5.07. The topological polar surface area (TPSA) is 55.8 Å². The van der Waals surface area contributed by atoms with Crippen LogP contribution in [0, 0.1) is 0 Å². The van der Waals surface area contributed by atoms with Crippen LogP contribution < -0.4 is 9.47 Å². The minimum atomic E-state index is -0.830. The number of carbonyl (C=O) groups is 1. The van der Waals surface area contributed by atoms with E-state index in [9.17, 15) is 9.90 Å². The van der Waals surface area contributed by atoms with Crippen molar-refractivity contribution in [1.29, 1.82) is 0 Å². The predicted octanol–water partition coefficient (Wildman–Crippen LogP) is 3.41. The zero-order valence-electron chi connectivity index (χ0n) is 13.2. The Kier molecular flexibility index (Phi) is 5.94. The van der Waals surface area contributed by atoms with E-state index in [1.165, 1.54) is 6.08 Å². The van der Waals surface area contributed by atoms with Crippen LogP contribution in [0.4, 0.5) is 0 Å². The average molecular weight is 312 g/mol. The molecule has 23 heavy (non-hydrogen) atoms. The van der Waals surface area contributed by atoms with E-state index < -0.39 is 6.10 Å². The Bertz CT molecular complexity index is 674. The van der Waals surface area contributed by atoms with Crippen LogP contribution in [0.25, 0.3) is 6.08 Å². The molecular formula is C19H20O4. The van der Waals surface area contributed by atoms with Crippen molar-refractivity contribution < 1.29 is 19.4 Å². The van der Waals surface area contributed by atoms with Crippen LogP contribution in [-0.2, 0) is 4.79 Å². The van der Waals surface area contributed by atoms with Gasteiger partial charge in [-0.2, -0.15) is 0 Å². The molecule has 0 aliphatic carbocycles. The number of ketones is 1. The molecule has 0 saturated heterocycles. The van der Waals surface area contributed by atoms with Gasteiger partial charge >= 0.3 is 0 Å².